The molecule has 0 bridgehead atoms. The molecular formula is C14H14ClN3O2S. The lowest BCUT2D eigenvalue weighted by molar-refractivity contribution is -0.113. The topological polar surface area (TPSA) is 71.1 Å². The summed E-state index contributed by atoms with van der Waals surface area (Å²) in [6, 6.07) is 7.47. The highest BCUT2D eigenvalue weighted by atomic mass is 35.5. The maximum Gasteiger partial charge on any atom is 0.260 e. The number of benzene rings is 1. The molecule has 1 aromatic heterocycles. The van der Waals surface area contributed by atoms with Crippen LogP contribution in [0.3, 0.4) is 0 Å². The van der Waals surface area contributed by atoms with Gasteiger partial charge in [-0.1, -0.05) is 18.2 Å². The molecule has 2 N–H and O–H groups in total. The molecule has 0 radical (unpaired) electrons. The number of amides is 2. The normalized spacial score (nSPS) is 10.2. The number of carbonyl (C=O) groups excluding carboxylic acids is 2. The summed E-state index contributed by atoms with van der Waals surface area (Å²) in [7, 11) is 0. The van der Waals surface area contributed by atoms with Crippen molar-refractivity contribution in [2.24, 2.45) is 0 Å². The Morgan fingerprint density at radius 1 is 1.24 bits per heavy atom. The van der Waals surface area contributed by atoms with Crippen LogP contribution in [-0.2, 0) is 4.79 Å². The number of nitrogens with one attached hydrogen (secondary N) is 2. The second-order valence-corrected chi connectivity index (χ2v) is 5.46. The molecule has 0 saturated carbocycles. The van der Waals surface area contributed by atoms with Crippen molar-refractivity contribution in [3.63, 3.8) is 0 Å². The van der Waals surface area contributed by atoms with Crippen LogP contribution in [0.15, 0.2) is 24.3 Å². The van der Waals surface area contributed by atoms with Gasteiger partial charge < -0.3 is 10.6 Å². The average molecular weight is 324 g/mol. The van der Waals surface area contributed by atoms with E-state index in [-0.39, 0.29) is 17.7 Å². The van der Waals surface area contributed by atoms with Crippen LogP contribution in [0.4, 0.5) is 10.7 Å². The zero-order valence-electron chi connectivity index (χ0n) is 11.6. The van der Waals surface area contributed by atoms with Gasteiger partial charge in [0.05, 0.1) is 11.3 Å². The summed E-state index contributed by atoms with van der Waals surface area (Å²) in [5.41, 5.74) is 2.61. The number of anilines is 2. The molecule has 0 spiro atoms. The molecule has 5 nitrogen and oxygen atoms in total. The summed E-state index contributed by atoms with van der Waals surface area (Å²) in [5.74, 6) is -0.846. The molecule has 0 fully saturated rings. The van der Waals surface area contributed by atoms with Crippen molar-refractivity contribution in [1.29, 1.82) is 0 Å². The Morgan fingerprint density at radius 2 is 1.95 bits per heavy atom. The Bertz CT molecular complexity index is 685. The van der Waals surface area contributed by atoms with E-state index >= 15 is 0 Å². The van der Waals surface area contributed by atoms with E-state index in [4.69, 9.17) is 11.6 Å². The van der Waals surface area contributed by atoms with Gasteiger partial charge in [-0.3, -0.25) is 9.59 Å². The van der Waals surface area contributed by atoms with Crippen LogP contribution < -0.4 is 10.6 Å². The Balaban J connectivity index is 2.25. The molecule has 21 heavy (non-hydrogen) atoms. The largest absolute Gasteiger partial charge is 0.322 e. The fourth-order valence-corrected chi connectivity index (χ4v) is 2.66. The van der Waals surface area contributed by atoms with E-state index in [0.29, 0.717) is 16.3 Å². The summed E-state index contributed by atoms with van der Waals surface area (Å²) in [5, 5.41) is 5.82. The van der Waals surface area contributed by atoms with Gasteiger partial charge in [-0.25, -0.2) is 0 Å². The first-order valence-corrected chi connectivity index (χ1v) is 7.52. The Morgan fingerprint density at radius 3 is 2.62 bits per heavy atom. The van der Waals surface area contributed by atoms with Crippen molar-refractivity contribution in [1.82, 2.24) is 4.37 Å². The fourth-order valence-electron chi connectivity index (χ4n) is 1.78. The van der Waals surface area contributed by atoms with Crippen molar-refractivity contribution in [3.05, 3.63) is 41.1 Å². The second-order valence-electron chi connectivity index (χ2n) is 4.42. The number of hydrogen-bond acceptors (Lipinski definition) is 4. The van der Waals surface area contributed by atoms with Crippen LogP contribution in [0.25, 0.3) is 0 Å². The fraction of sp³-hybridized carbons (Fsp3) is 0.214. The molecule has 1 heterocycles. The lowest BCUT2D eigenvalue weighted by Gasteiger charge is -2.09. The van der Waals surface area contributed by atoms with E-state index in [1.807, 2.05) is 31.2 Å². The number of alkyl halides is 1. The maximum atomic E-state index is 12.4. The molecule has 1 aromatic carbocycles. The third kappa shape index (κ3) is 3.59. The highest BCUT2D eigenvalue weighted by molar-refractivity contribution is 7.11. The van der Waals surface area contributed by atoms with Crippen LogP contribution in [0.1, 0.15) is 21.6 Å². The smallest absolute Gasteiger partial charge is 0.260 e. The van der Waals surface area contributed by atoms with E-state index in [1.54, 1.807) is 6.92 Å². The summed E-state index contributed by atoms with van der Waals surface area (Å²) in [4.78, 5) is 23.8. The molecule has 2 amide bonds. The number of aryl methyl sites for hydroxylation is 2. The molecule has 0 atom stereocenters. The minimum Gasteiger partial charge on any atom is -0.322 e. The summed E-state index contributed by atoms with van der Waals surface area (Å²) >= 11 is 6.52. The number of hydrogen-bond donors (Lipinski definition) is 2. The zero-order chi connectivity index (χ0) is 15.4. The first-order chi connectivity index (χ1) is 10.0. The second kappa shape index (κ2) is 6.69. The molecular weight excluding hydrogens is 310 g/mol. The molecule has 2 rings (SSSR count). The highest BCUT2D eigenvalue weighted by Gasteiger charge is 2.20. The number of nitrogens with zero attached hydrogens (tertiary/aromatic N) is 1. The van der Waals surface area contributed by atoms with Crippen molar-refractivity contribution in [2.45, 2.75) is 13.8 Å². The molecule has 0 unspecified atom stereocenters. The maximum absolute atomic E-state index is 12.4. The molecule has 110 valence electrons. The van der Waals surface area contributed by atoms with Crippen molar-refractivity contribution in [3.8, 4) is 0 Å². The van der Waals surface area contributed by atoms with Gasteiger partial charge in [0.25, 0.3) is 5.91 Å². The van der Waals surface area contributed by atoms with Gasteiger partial charge in [-0.2, -0.15) is 4.37 Å². The minimum absolute atomic E-state index is 0.171. The van der Waals surface area contributed by atoms with Crippen LogP contribution in [0.2, 0.25) is 0 Å². The lowest BCUT2D eigenvalue weighted by Crippen LogP contribution is -2.18. The van der Waals surface area contributed by atoms with Crippen LogP contribution in [-0.4, -0.2) is 22.1 Å². The highest BCUT2D eigenvalue weighted by Crippen LogP contribution is 2.26. The third-order valence-electron chi connectivity index (χ3n) is 2.86. The third-order valence-corrected chi connectivity index (χ3v) is 3.95. The van der Waals surface area contributed by atoms with E-state index in [1.165, 1.54) is 0 Å². The van der Waals surface area contributed by atoms with Gasteiger partial charge >= 0.3 is 0 Å². The molecule has 0 aliphatic carbocycles. The van der Waals surface area contributed by atoms with E-state index in [9.17, 15) is 9.59 Å². The van der Waals surface area contributed by atoms with Crippen LogP contribution in [0.5, 0.6) is 0 Å². The summed E-state index contributed by atoms with van der Waals surface area (Å²) < 4.78 is 4.11. The van der Waals surface area contributed by atoms with Gasteiger partial charge in [-0.15, -0.1) is 11.6 Å². The van der Waals surface area contributed by atoms with Crippen molar-refractivity contribution >= 4 is 45.6 Å². The minimum atomic E-state index is -0.370. The Kier molecular flexibility index (Phi) is 4.93. The number of para-hydroxylation sites is 1. The molecule has 0 aliphatic heterocycles. The Hall–Kier alpha value is -1.92. The number of aromatic nitrogens is 1. The van der Waals surface area contributed by atoms with Gasteiger partial charge in [0.1, 0.15) is 10.9 Å². The van der Waals surface area contributed by atoms with Gasteiger partial charge in [0, 0.05) is 5.69 Å². The summed E-state index contributed by atoms with van der Waals surface area (Å²) in [6.07, 6.45) is 0. The first kappa shape index (κ1) is 15.5. The van der Waals surface area contributed by atoms with Gasteiger partial charge in [0.2, 0.25) is 5.91 Å². The van der Waals surface area contributed by atoms with Crippen molar-refractivity contribution in [2.75, 3.05) is 16.5 Å². The van der Waals surface area contributed by atoms with Crippen LogP contribution >= 0.6 is 23.1 Å². The van der Waals surface area contributed by atoms with E-state index < -0.39 is 0 Å². The van der Waals surface area contributed by atoms with E-state index in [2.05, 4.69) is 15.0 Å². The molecule has 7 heteroatoms. The molecule has 0 saturated heterocycles. The standard InChI is InChI=1S/C14H14ClN3O2S/c1-8-5-3-4-6-10(8)16-13(20)12-9(2)18-21-14(12)17-11(19)7-15/h3-6H,7H2,1-2H3,(H,16,20)(H,17,19). The van der Waals surface area contributed by atoms with Crippen molar-refractivity contribution < 1.29 is 9.59 Å². The predicted molar refractivity (Wildman–Crippen MR) is 85.3 cm³/mol. The lowest BCUT2D eigenvalue weighted by atomic mass is 10.2. The Labute approximate surface area is 131 Å². The van der Waals surface area contributed by atoms with E-state index in [0.717, 1.165) is 22.8 Å². The SMILES string of the molecule is Cc1ccccc1NC(=O)c1c(C)nsc1NC(=O)CCl. The molecule has 0 aliphatic rings. The van der Waals surface area contributed by atoms with Gasteiger partial charge in [-0.05, 0) is 37.0 Å². The van der Waals surface area contributed by atoms with Gasteiger partial charge in [0.15, 0.2) is 0 Å². The monoisotopic (exact) mass is 323 g/mol. The van der Waals surface area contributed by atoms with Crippen LogP contribution in [0, 0.1) is 13.8 Å². The number of rotatable bonds is 4. The number of carbonyl (C=O) groups is 2. The predicted octanol–water partition coefficient (Wildman–Crippen LogP) is 3.19. The molecule has 2 aromatic rings. The first-order valence-electron chi connectivity index (χ1n) is 6.22. The average Bonchev–Trinajstić information content (AvgIpc) is 2.82. The zero-order valence-corrected chi connectivity index (χ0v) is 13.1. The quantitative estimate of drug-likeness (QED) is 0.849. The number of halogens is 1. The summed E-state index contributed by atoms with van der Waals surface area (Å²) in [6.45, 7) is 3.63.